The van der Waals surface area contributed by atoms with Crippen LogP contribution >= 0.6 is 11.6 Å². The fourth-order valence-electron chi connectivity index (χ4n) is 2.51. The molecule has 2 N–H and O–H groups in total. The van der Waals surface area contributed by atoms with Crippen LogP contribution in [0.15, 0.2) is 48.7 Å². The normalized spacial score (nSPS) is 12.5. The third-order valence-electron chi connectivity index (χ3n) is 4.19. The average Bonchev–Trinajstić information content (AvgIpc) is 2.69. The molecule has 2 aromatic heterocycles. The summed E-state index contributed by atoms with van der Waals surface area (Å²) in [6.45, 7) is 4.00. The largest absolute Gasteiger partial charge is 0.417 e. The van der Waals surface area contributed by atoms with Gasteiger partial charge >= 0.3 is 6.18 Å². The number of aromatic nitrogens is 3. The van der Waals surface area contributed by atoms with Crippen molar-refractivity contribution < 1.29 is 13.2 Å². The number of pyridine rings is 1. The first-order valence-electron chi connectivity index (χ1n) is 8.97. The van der Waals surface area contributed by atoms with E-state index < -0.39 is 11.7 Å². The fraction of sp³-hybridized carbons (Fsp3) is 0.250. The summed E-state index contributed by atoms with van der Waals surface area (Å²) in [5.74, 6) is 0.692. The lowest BCUT2D eigenvalue weighted by Gasteiger charge is -2.15. The zero-order valence-corrected chi connectivity index (χ0v) is 16.5. The van der Waals surface area contributed by atoms with Crippen LogP contribution in [0.25, 0.3) is 11.4 Å². The summed E-state index contributed by atoms with van der Waals surface area (Å²) < 4.78 is 39.4. The second kappa shape index (κ2) is 8.65. The van der Waals surface area contributed by atoms with Crippen LogP contribution in [0.3, 0.4) is 0 Å². The van der Waals surface area contributed by atoms with Gasteiger partial charge in [0.15, 0.2) is 0 Å². The lowest BCUT2D eigenvalue weighted by atomic mass is 10.2. The van der Waals surface area contributed by atoms with E-state index in [4.69, 9.17) is 11.6 Å². The number of nitrogens with zero attached hydrogens (tertiary/aromatic N) is 3. The van der Waals surface area contributed by atoms with Gasteiger partial charge in [-0.05, 0) is 43.7 Å². The van der Waals surface area contributed by atoms with Gasteiger partial charge in [0.25, 0.3) is 0 Å². The van der Waals surface area contributed by atoms with Gasteiger partial charge in [-0.15, -0.1) is 0 Å². The summed E-state index contributed by atoms with van der Waals surface area (Å²) in [4.78, 5) is 13.1. The number of halogens is 4. The summed E-state index contributed by atoms with van der Waals surface area (Å²) in [7, 11) is 0. The third-order valence-corrected chi connectivity index (χ3v) is 4.52. The molecule has 0 amide bonds. The smallest absolute Gasteiger partial charge is 0.352 e. The highest BCUT2D eigenvalue weighted by Crippen LogP contribution is 2.36. The topological polar surface area (TPSA) is 62.7 Å². The maximum atomic E-state index is 13.1. The quantitative estimate of drug-likeness (QED) is 0.498. The minimum absolute atomic E-state index is 0.120. The summed E-state index contributed by atoms with van der Waals surface area (Å²) in [5, 5.41) is 5.73. The van der Waals surface area contributed by atoms with Crippen molar-refractivity contribution >= 4 is 29.1 Å². The van der Waals surface area contributed by atoms with Gasteiger partial charge in [-0.2, -0.15) is 18.2 Å². The standard InChI is InChI=1S/C20H19ClF3N5/c1-3-12(2)26-19-28-17(16-6-4-5-9-25-16)11-18(29-19)27-13-7-8-15(21)14(10-13)20(22,23)24/h4-12H,3H2,1-2H3,(H2,26,27,28,29)/t12-/m0/s1. The Morgan fingerprint density at radius 3 is 2.52 bits per heavy atom. The summed E-state index contributed by atoms with van der Waals surface area (Å²) in [6.07, 6.45) is -2.06. The van der Waals surface area contributed by atoms with Gasteiger partial charge in [-0.1, -0.05) is 24.6 Å². The lowest BCUT2D eigenvalue weighted by molar-refractivity contribution is -0.137. The van der Waals surface area contributed by atoms with E-state index >= 15 is 0 Å². The fourth-order valence-corrected chi connectivity index (χ4v) is 2.74. The summed E-state index contributed by atoms with van der Waals surface area (Å²) >= 11 is 5.70. The van der Waals surface area contributed by atoms with Crippen molar-refractivity contribution in [3.8, 4) is 11.4 Å². The Labute approximate surface area is 171 Å². The van der Waals surface area contributed by atoms with Crippen LogP contribution in [0.2, 0.25) is 5.02 Å². The lowest BCUT2D eigenvalue weighted by Crippen LogP contribution is -2.16. The molecule has 29 heavy (non-hydrogen) atoms. The van der Waals surface area contributed by atoms with Crippen molar-refractivity contribution in [2.45, 2.75) is 32.5 Å². The highest BCUT2D eigenvalue weighted by molar-refractivity contribution is 6.31. The molecule has 0 aliphatic carbocycles. The molecule has 5 nitrogen and oxygen atoms in total. The first-order valence-corrected chi connectivity index (χ1v) is 9.35. The van der Waals surface area contributed by atoms with Crippen molar-refractivity contribution in [1.82, 2.24) is 15.0 Å². The zero-order valence-electron chi connectivity index (χ0n) is 15.8. The van der Waals surface area contributed by atoms with Crippen LogP contribution in [-0.2, 0) is 6.18 Å². The molecule has 0 aliphatic rings. The molecule has 0 unspecified atom stereocenters. The Morgan fingerprint density at radius 1 is 1.07 bits per heavy atom. The highest BCUT2D eigenvalue weighted by Gasteiger charge is 2.33. The molecule has 0 saturated heterocycles. The monoisotopic (exact) mass is 421 g/mol. The van der Waals surface area contributed by atoms with Gasteiger partial charge in [0.2, 0.25) is 5.95 Å². The molecule has 3 rings (SSSR count). The molecule has 0 saturated carbocycles. The molecule has 0 fully saturated rings. The maximum absolute atomic E-state index is 13.1. The van der Waals surface area contributed by atoms with Crippen LogP contribution in [0.4, 0.5) is 30.6 Å². The predicted octanol–water partition coefficient (Wildman–Crippen LogP) is 6.16. The van der Waals surface area contributed by atoms with Crippen molar-refractivity contribution in [1.29, 1.82) is 0 Å². The van der Waals surface area contributed by atoms with Gasteiger partial charge in [-0.25, -0.2) is 4.98 Å². The van der Waals surface area contributed by atoms with Gasteiger partial charge < -0.3 is 10.6 Å². The molecule has 1 atom stereocenters. The molecule has 1 aromatic carbocycles. The first kappa shape index (κ1) is 20.9. The number of alkyl halides is 3. The molecule has 152 valence electrons. The molecular formula is C20H19ClF3N5. The molecule has 2 heterocycles. The number of hydrogen-bond acceptors (Lipinski definition) is 5. The number of anilines is 3. The molecule has 0 aliphatic heterocycles. The zero-order chi connectivity index (χ0) is 21.0. The van der Waals surface area contributed by atoms with Crippen LogP contribution < -0.4 is 10.6 Å². The minimum atomic E-state index is -4.55. The van der Waals surface area contributed by atoms with E-state index in [1.807, 2.05) is 19.9 Å². The summed E-state index contributed by atoms with van der Waals surface area (Å²) in [5.41, 5.74) is 0.458. The van der Waals surface area contributed by atoms with Crippen molar-refractivity contribution in [2.75, 3.05) is 10.6 Å². The molecule has 0 radical (unpaired) electrons. The van der Waals surface area contributed by atoms with E-state index in [9.17, 15) is 13.2 Å². The van der Waals surface area contributed by atoms with Gasteiger partial charge in [0, 0.05) is 24.0 Å². The second-order valence-corrected chi connectivity index (χ2v) is 6.86. The Kier molecular flexibility index (Phi) is 6.22. The van der Waals surface area contributed by atoms with Gasteiger partial charge in [-0.3, -0.25) is 4.98 Å². The van der Waals surface area contributed by atoms with Crippen LogP contribution in [0.5, 0.6) is 0 Å². The SMILES string of the molecule is CC[C@H](C)Nc1nc(Nc2ccc(Cl)c(C(F)(F)F)c2)cc(-c2ccccn2)n1. The second-order valence-electron chi connectivity index (χ2n) is 6.45. The van der Waals surface area contributed by atoms with E-state index in [1.165, 1.54) is 12.1 Å². The van der Waals surface area contributed by atoms with Crippen molar-refractivity contribution in [2.24, 2.45) is 0 Å². The Balaban J connectivity index is 1.99. The van der Waals surface area contributed by atoms with E-state index in [0.29, 0.717) is 23.2 Å². The Hall–Kier alpha value is -2.87. The van der Waals surface area contributed by atoms with Gasteiger partial charge in [0.05, 0.1) is 22.0 Å². The molecule has 3 aromatic rings. The Bertz CT molecular complexity index is 980. The van der Waals surface area contributed by atoms with E-state index in [2.05, 4.69) is 25.6 Å². The average molecular weight is 422 g/mol. The number of benzene rings is 1. The van der Waals surface area contributed by atoms with Crippen LogP contribution in [-0.4, -0.2) is 21.0 Å². The number of hydrogen-bond donors (Lipinski definition) is 2. The number of nitrogens with one attached hydrogen (secondary N) is 2. The molecular weight excluding hydrogens is 403 g/mol. The maximum Gasteiger partial charge on any atom is 0.417 e. The molecule has 9 heteroatoms. The Morgan fingerprint density at radius 2 is 1.86 bits per heavy atom. The highest BCUT2D eigenvalue weighted by atomic mass is 35.5. The first-order chi connectivity index (χ1) is 13.8. The third kappa shape index (κ3) is 5.35. The van der Waals surface area contributed by atoms with Gasteiger partial charge in [0.1, 0.15) is 5.82 Å². The molecule has 0 spiro atoms. The van der Waals surface area contributed by atoms with Crippen LogP contribution in [0.1, 0.15) is 25.8 Å². The molecule has 0 bridgehead atoms. The minimum Gasteiger partial charge on any atom is -0.352 e. The predicted molar refractivity (Wildman–Crippen MR) is 108 cm³/mol. The van der Waals surface area contributed by atoms with Crippen molar-refractivity contribution in [3.63, 3.8) is 0 Å². The van der Waals surface area contributed by atoms with Crippen molar-refractivity contribution in [3.05, 3.63) is 59.2 Å². The number of rotatable bonds is 6. The van der Waals surface area contributed by atoms with E-state index in [-0.39, 0.29) is 16.8 Å². The van der Waals surface area contributed by atoms with E-state index in [0.717, 1.165) is 12.5 Å². The van der Waals surface area contributed by atoms with E-state index in [1.54, 1.807) is 24.4 Å². The summed E-state index contributed by atoms with van der Waals surface area (Å²) in [6, 6.07) is 10.8. The van der Waals surface area contributed by atoms with Crippen LogP contribution in [0, 0.1) is 0 Å².